The summed E-state index contributed by atoms with van der Waals surface area (Å²) in [6.07, 6.45) is -2.81. The average Bonchev–Trinajstić information content (AvgIpc) is 2.22. The van der Waals surface area contributed by atoms with E-state index < -0.39 is 11.7 Å². The molecule has 0 aliphatic heterocycles. The summed E-state index contributed by atoms with van der Waals surface area (Å²) in [5.74, 6) is 0. The molecule has 2 rings (SSSR count). The van der Waals surface area contributed by atoms with Crippen molar-refractivity contribution in [3.8, 4) is 0 Å². The molecule has 0 N–H and O–H groups in total. The van der Waals surface area contributed by atoms with Crippen molar-refractivity contribution < 1.29 is 13.2 Å². The highest BCUT2D eigenvalue weighted by Crippen LogP contribution is 2.32. The van der Waals surface area contributed by atoms with Gasteiger partial charge >= 0.3 is 6.18 Å². The Morgan fingerprint density at radius 1 is 1.25 bits per heavy atom. The Balaban J connectivity index is 2.70. The van der Waals surface area contributed by atoms with Crippen molar-refractivity contribution in [3.05, 3.63) is 40.0 Å². The average molecular weight is 290 g/mol. The number of aryl methyl sites for hydroxylation is 1. The summed E-state index contributed by atoms with van der Waals surface area (Å²) in [7, 11) is 0. The summed E-state index contributed by atoms with van der Waals surface area (Å²) in [6.45, 7) is 1.83. The second-order valence-electron chi connectivity index (χ2n) is 3.46. The molecule has 0 saturated carbocycles. The minimum absolute atomic E-state index is 0.357. The van der Waals surface area contributed by atoms with Gasteiger partial charge in [0, 0.05) is 16.1 Å². The lowest BCUT2D eigenvalue weighted by Crippen LogP contribution is -2.04. The normalized spacial score (nSPS) is 12.1. The molecular formula is C11H7BrF3N. The number of alkyl halides is 3. The zero-order valence-corrected chi connectivity index (χ0v) is 9.85. The number of rotatable bonds is 0. The lowest BCUT2D eigenvalue weighted by Gasteiger charge is -2.09. The maximum absolute atomic E-state index is 12.5. The first-order chi connectivity index (χ1) is 7.39. The van der Waals surface area contributed by atoms with Gasteiger partial charge in [0.15, 0.2) is 0 Å². The van der Waals surface area contributed by atoms with Crippen molar-refractivity contribution in [2.45, 2.75) is 13.1 Å². The molecule has 1 nitrogen and oxygen atoms in total. The van der Waals surface area contributed by atoms with Crippen molar-refractivity contribution in [2.24, 2.45) is 0 Å². The molecular weight excluding hydrogens is 283 g/mol. The fourth-order valence-corrected chi connectivity index (χ4v) is 1.80. The quantitative estimate of drug-likeness (QED) is 0.704. The summed E-state index contributed by atoms with van der Waals surface area (Å²) in [5, 5.41) is 0.724. The van der Waals surface area contributed by atoms with E-state index in [4.69, 9.17) is 0 Å². The molecule has 1 aromatic carbocycles. The van der Waals surface area contributed by atoms with E-state index in [1.54, 1.807) is 0 Å². The summed E-state index contributed by atoms with van der Waals surface area (Å²) in [4.78, 5) is 3.97. The van der Waals surface area contributed by atoms with Crippen molar-refractivity contribution in [1.29, 1.82) is 0 Å². The van der Waals surface area contributed by atoms with Crippen LogP contribution < -0.4 is 0 Å². The van der Waals surface area contributed by atoms with E-state index in [9.17, 15) is 13.2 Å². The van der Waals surface area contributed by atoms with Gasteiger partial charge in [-0.05, 0) is 40.5 Å². The van der Waals surface area contributed by atoms with Crippen molar-refractivity contribution in [1.82, 2.24) is 4.98 Å². The first-order valence-electron chi connectivity index (χ1n) is 4.51. The lowest BCUT2D eigenvalue weighted by molar-refractivity contribution is -0.137. The first kappa shape index (κ1) is 11.4. The van der Waals surface area contributed by atoms with Crippen LogP contribution in [0.2, 0.25) is 0 Å². The van der Waals surface area contributed by atoms with E-state index in [1.165, 1.54) is 12.3 Å². The predicted molar refractivity (Wildman–Crippen MR) is 59.2 cm³/mol. The maximum Gasteiger partial charge on any atom is 0.416 e. The maximum atomic E-state index is 12.5. The van der Waals surface area contributed by atoms with Crippen molar-refractivity contribution >= 4 is 26.8 Å². The highest BCUT2D eigenvalue weighted by Gasteiger charge is 2.30. The topological polar surface area (TPSA) is 12.9 Å². The predicted octanol–water partition coefficient (Wildman–Crippen LogP) is 4.32. The molecule has 0 saturated heterocycles. The standard InChI is InChI=1S/C11H7BrF3N/c1-6-8-3-2-7(11(13,14)15)4-10(8)16-5-9(6)12/h2-5H,1H3. The number of hydrogen-bond acceptors (Lipinski definition) is 1. The molecule has 2 aromatic rings. The minimum Gasteiger partial charge on any atom is -0.255 e. The molecule has 0 radical (unpaired) electrons. The molecule has 84 valence electrons. The van der Waals surface area contributed by atoms with Gasteiger partial charge in [-0.15, -0.1) is 0 Å². The molecule has 5 heteroatoms. The zero-order valence-electron chi connectivity index (χ0n) is 8.27. The van der Waals surface area contributed by atoms with Crippen molar-refractivity contribution in [3.63, 3.8) is 0 Å². The van der Waals surface area contributed by atoms with Crippen molar-refractivity contribution in [2.75, 3.05) is 0 Å². The summed E-state index contributed by atoms with van der Waals surface area (Å²) in [6, 6.07) is 3.59. The number of nitrogens with zero attached hydrogens (tertiary/aromatic N) is 1. The molecule has 0 amide bonds. The van der Waals surface area contributed by atoms with Crippen LogP contribution in [0.3, 0.4) is 0 Å². The summed E-state index contributed by atoms with van der Waals surface area (Å²) in [5.41, 5.74) is 0.573. The van der Waals surface area contributed by atoms with Gasteiger partial charge in [0.05, 0.1) is 11.1 Å². The third kappa shape index (κ3) is 1.91. The number of aromatic nitrogens is 1. The Hall–Kier alpha value is -1.10. The Labute approximate surface area is 98.4 Å². The van der Waals surface area contributed by atoms with E-state index in [-0.39, 0.29) is 0 Å². The monoisotopic (exact) mass is 289 g/mol. The number of fused-ring (bicyclic) bond motifs is 1. The van der Waals surface area contributed by atoms with E-state index in [2.05, 4.69) is 20.9 Å². The minimum atomic E-state index is -4.32. The third-order valence-electron chi connectivity index (χ3n) is 2.40. The third-order valence-corrected chi connectivity index (χ3v) is 3.20. The van der Waals surface area contributed by atoms with Crippen LogP contribution >= 0.6 is 15.9 Å². The molecule has 0 unspecified atom stereocenters. The van der Waals surface area contributed by atoms with Gasteiger partial charge in [0.1, 0.15) is 0 Å². The van der Waals surface area contributed by atoms with Crippen LogP contribution in [0.1, 0.15) is 11.1 Å². The first-order valence-corrected chi connectivity index (χ1v) is 5.31. The fraction of sp³-hybridized carbons (Fsp3) is 0.182. The molecule has 16 heavy (non-hydrogen) atoms. The number of hydrogen-bond donors (Lipinski definition) is 0. The van der Waals surface area contributed by atoms with Gasteiger partial charge in [0.25, 0.3) is 0 Å². The largest absolute Gasteiger partial charge is 0.416 e. The Morgan fingerprint density at radius 3 is 2.56 bits per heavy atom. The summed E-state index contributed by atoms with van der Waals surface area (Å²) < 4.78 is 38.2. The number of halogens is 4. The molecule has 0 aliphatic rings. The van der Waals surface area contributed by atoms with Gasteiger partial charge in [-0.25, -0.2) is 0 Å². The van der Waals surface area contributed by atoms with Crippen LogP contribution in [0, 0.1) is 6.92 Å². The molecule has 0 fully saturated rings. The zero-order chi connectivity index (χ0) is 11.9. The molecule has 0 spiro atoms. The van der Waals surface area contributed by atoms with E-state index in [1.807, 2.05) is 6.92 Å². The lowest BCUT2D eigenvalue weighted by atomic mass is 10.1. The van der Waals surface area contributed by atoms with Crippen LogP contribution in [0.5, 0.6) is 0 Å². The van der Waals surface area contributed by atoms with Gasteiger partial charge in [-0.3, -0.25) is 4.98 Å². The van der Waals surface area contributed by atoms with E-state index >= 15 is 0 Å². The van der Waals surface area contributed by atoms with Crippen LogP contribution in [0.25, 0.3) is 10.9 Å². The smallest absolute Gasteiger partial charge is 0.255 e. The van der Waals surface area contributed by atoms with E-state index in [0.717, 1.165) is 27.6 Å². The number of benzene rings is 1. The second-order valence-corrected chi connectivity index (χ2v) is 4.32. The van der Waals surface area contributed by atoms with Gasteiger partial charge in [-0.1, -0.05) is 6.07 Å². The highest BCUT2D eigenvalue weighted by molar-refractivity contribution is 9.10. The van der Waals surface area contributed by atoms with Crippen LogP contribution in [0.4, 0.5) is 13.2 Å². The Kier molecular flexibility index (Phi) is 2.66. The fourth-order valence-electron chi connectivity index (χ4n) is 1.48. The molecule has 0 aliphatic carbocycles. The van der Waals surface area contributed by atoms with Gasteiger partial charge in [0.2, 0.25) is 0 Å². The van der Waals surface area contributed by atoms with Gasteiger partial charge in [-0.2, -0.15) is 13.2 Å². The molecule has 1 aromatic heterocycles. The highest BCUT2D eigenvalue weighted by atomic mass is 79.9. The van der Waals surface area contributed by atoms with E-state index in [0.29, 0.717) is 5.52 Å². The van der Waals surface area contributed by atoms with Crippen LogP contribution in [0.15, 0.2) is 28.9 Å². The summed E-state index contributed by atoms with van der Waals surface area (Å²) >= 11 is 3.29. The second kappa shape index (κ2) is 3.73. The van der Waals surface area contributed by atoms with Crippen LogP contribution in [-0.2, 0) is 6.18 Å². The van der Waals surface area contributed by atoms with Gasteiger partial charge < -0.3 is 0 Å². The Bertz CT molecular complexity index is 549. The Morgan fingerprint density at radius 2 is 1.94 bits per heavy atom. The van der Waals surface area contributed by atoms with Crippen LogP contribution in [-0.4, -0.2) is 4.98 Å². The number of pyridine rings is 1. The SMILES string of the molecule is Cc1c(Br)cnc2cc(C(F)(F)F)ccc12. The molecule has 0 atom stereocenters. The molecule has 1 heterocycles. The molecule has 0 bridgehead atoms.